The van der Waals surface area contributed by atoms with Gasteiger partial charge in [0, 0.05) is 12.1 Å². The number of non-ortho nitro benzene ring substituents is 1. The third-order valence-electron chi connectivity index (χ3n) is 4.57. The average Bonchev–Trinajstić information content (AvgIpc) is 2.84. The van der Waals surface area contributed by atoms with Crippen LogP contribution in [0.3, 0.4) is 0 Å². The lowest BCUT2D eigenvalue weighted by Crippen LogP contribution is -2.25. The normalized spacial score (nSPS) is 12.6. The predicted octanol–water partition coefficient (Wildman–Crippen LogP) is 6.72. The number of nitro benzene ring substituents is 1. The molecule has 0 spiro atoms. The number of rotatable bonds is 13. The summed E-state index contributed by atoms with van der Waals surface area (Å²) in [6, 6.07) is 21.9. The van der Waals surface area contributed by atoms with Crippen molar-refractivity contribution in [1.29, 1.82) is 0 Å². The van der Waals surface area contributed by atoms with Gasteiger partial charge in [-0.05, 0) is 55.8 Å². The van der Waals surface area contributed by atoms with Gasteiger partial charge in [0.2, 0.25) is 0 Å². The maximum absolute atomic E-state index is 14.5. The molecule has 12 heteroatoms. The number of hydrogen-bond acceptors (Lipinski definition) is 8. The molecular formula is C23H26N2O8P2. The molecule has 3 aromatic rings. The Hall–Kier alpha value is -3.00. The van der Waals surface area contributed by atoms with E-state index in [0.717, 1.165) is 0 Å². The third kappa shape index (κ3) is 7.24. The second-order valence-corrected chi connectivity index (χ2v) is 10.8. The summed E-state index contributed by atoms with van der Waals surface area (Å²) < 4.78 is 50.4. The fourth-order valence-corrected chi connectivity index (χ4v) is 7.05. The highest BCUT2D eigenvalue weighted by atomic mass is 31.2. The molecule has 186 valence electrons. The lowest BCUT2D eigenvalue weighted by atomic mass is 10.2. The number of para-hydroxylation sites is 2. The molecule has 0 saturated carbocycles. The minimum atomic E-state index is -4.29. The molecule has 0 aromatic heterocycles. The van der Waals surface area contributed by atoms with Gasteiger partial charge >= 0.3 is 15.3 Å². The molecule has 0 amide bonds. The zero-order chi connectivity index (χ0) is 25.3. The van der Waals surface area contributed by atoms with Gasteiger partial charge in [-0.1, -0.05) is 36.4 Å². The fourth-order valence-electron chi connectivity index (χ4n) is 3.09. The summed E-state index contributed by atoms with van der Waals surface area (Å²) in [7, 11) is -8.28. The number of hydrogen-bond donors (Lipinski definition) is 1. The first kappa shape index (κ1) is 26.6. The van der Waals surface area contributed by atoms with E-state index in [0.29, 0.717) is 0 Å². The van der Waals surface area contributed by atoms with Crippen LogP contribution < -0.4 is 14.1 Å². The van der Waals surface area contributed by atoms with Gasteiger partial charge in [-0.3, -0.25) is 19.2 Å². The lowest BCUT2D eigenvalue weighted by Gasteiger charge is -2.30. The maximum atomic E-state index is 14.5. The van der Waals surface area contributed by atoms with Gasteiger partial charge in [0.15, 0.2) is 5.78 Å². The van der Waals surface area contributed by atoms with Crippen molar-refractivity contribution in [3.8, 4) is 11.5 Å². The molecule has 3 rings (SSSR count). The second-order valence-electron chi connectivity index (χ2n) is 7.06. The van der Waals surface area contributed by atoms with Crippen molar-refractivity contribution in [1.82, 2.24) is 5.09 Å². The molecule has 0 radical (unpaired) electrons. The Morgan fingerprint density at radius 2 is 1.26 bits per heavy atom. The summed E-state index contributed by atoms with van der Waals surface area (Å²) in [6.07, 6.45) is 0. The van der Waals surface area contributed by atoms with Crippen molar-refractivity contribution in [2.24, 2.45) is 0 Å². The monoisotopic (exact) mass is 520 g/mol. The maximum Gasteiger partial charge on any atom is 0.452 e. The summed E-state index contributed by atoms with van der Waals surface area (Å²) in [6.45, 7) is 3.35. The minimum absolute atomic E-state index is 0.0423. The Bertz CT molecular complexity index is 1140. The van der Waals surface area contributed by atoms with Crippen LogP contribution in [-0.2, 0) is 18.2 Å². The highest BCUT2D eigenvalue weighted by Crippen LogP contribution is 2.62. The van der Waals surface area contributed by atoms with Crippen LogP contribution in [0.15, 0.2) is 84.9 Å². The first-order valence-corrected chi connectivity index (χ1v) is 13.9. The Morgan fingerprint density at radius 3 is 1.66 bits per heavy atom. The summed E-state index contributed by atoms with van der Waals surface area (Å²) in [5, 5.41) is 13.9. The summed E-state index contributed by atoms with van der Waals surface area (Å²) in [4.78, 5) is 10.6. The van der Waals surface area contributed by atoms with Crippen molar-refractivity contribution >= 4 is 21.0 Å². The topological polar surface area (TPSA) is 126 Å². The second kappa shape index (κ2) is 12.1. The molecule has 35 heavy (non-hydrogen) atoms. The van der Waals surface area contributed by atoms with E-state index in [4.69, 9.17) is 18.1 Å². The lowest BCUT2D eigenvalue weighted by molar-refractivity contribution is -0.384. The van der Waals surface area contributed by atoms with E-state index in [2.05, 4.69) is 5.09 Å². The smallest absolute Gasteiger partial charge is 0.415 e. The molecule has 0 aliphatic heterocycles. The SMILES string of the molecule is CCOP(=O)(NC(c1ccc([N+](=O)[O-])cc1)P(=O)(Oc1ccccc1)Oc1ccccc1)OCC. The number of nitrogens with zero attached hydrogens (tertiary/aromatic N) is 1. The highest BCUT2D eigenvalue weighted by Gasteiger charge is 2.45. The van der Waals surface area contributed by atoms with Gasteiger partial charge in [-0.15, -0.1) is 0 Å². The molecule has 10 nitrogen and oxygen atoms in total. The molecule has 1 atom stereocenters. The van der Waals surface area contributed by atoms with Gasteiger partial charge in [0.1, 0.15) is 11.5 Å². The zero-order valence-electron chi connectivity index (χ0n) is 19.2. The Balaban J connectivity index is 2.14. The number of nitro groups is 1. The molecule has 0 bridgehead atoms. The Labute approximate surface area is 203 Å². The molecule has 1 N–H and O–H groups in total. The predicted molar refractivity (Wildman–Crippen MR) is 132 cm³/mol. The van der Waals surface area contributed by atoms with Crippen molar-refractivity contribution in [3.05, 3.63) is 101 Å². The van der Waals surface area contributed by atoms with Crippen LogP contribution in [0.4, 0.5) is 5.69 Å². The Morgan fingerprint density at radius 1 is 0.800 bits per heavy atom. The van der Waals surface area contributed by atoms with Gasteiger partial charge in [-0.25, -0.2) is 14.2 Å². The molecule has 0 aliphatic carbocycles. The van der Waals surface area contributed by atoms with Crippen LogP contribution in [0, 0.1) is 10.1 Å². The number of benzene rings is 3. The largest absolute Gasteiger partial charge is 0.452 e. The van der Waals surface area contributed by atoms with Crippen molar-refractivity contribution in [2.45, 2.75) is 19.6 Å². The molecule has 0 fully saturated rings. The Kier molecular flexibility index (Phi) is 9.20. The quantitative estimate of drug-likeness (QED) is 0.148. The summed E-state index contributed by atoms with van der Waals surface area (Å²) in [5.74, 6) is -0.904. The van der Waals surface area contributed by atoms with Crippen molar-refractivity contribution in [3.63, 3.8) is 0 Å². The van der Waals surface area contributed by atoms with Crippen molar-refractivity contribution < 1.29 is 32.1 Å². The van der Waals surface area contributed by atoms with Crippen LogP contribution in [0.2, 0.25) is 0 Å². The molecule has 1 unspecified atom stereocenters. The van der Waals surface area contributed by atoms with E-state index in [1.165, 1.54) is 24.3 Å². The minimum Gasteiger partial charge on any atom is -0.415 e. The van der Waals surface area contributed by atoms with Crippen LogP contribution in [-0.4, -0.2) is 18.1 Å². The molecule has 3 aromatic carbocycles. The van der Waals surface area contributed by atoms with Gasteiger partial charge in [-0.2, -0.15) is 0 Å². The van der Waals surface area contributed by atoms with E-state index in [1.807, 2.05) is 0 Å². The summed E-state index contributed by atoms with van der Waals surface area (Å²) in [5.41, 5.74) is 0.0820. The van der Waals surface area contributed by atoms with Crippen molar-refractivity contribution in [2.75, 3.05) is 13.2 Å². The van der Waals surface area contributed by atoms with E-state index < -0.39 is 26.0 Å². The molecular weight excluding hydrogens is 494 g/mol. The van der Waals surface area contributed by atoms with E-state index in [1.54, 1.807) is 74.5 Å². The first-order chi connectivity index (χ1) is 16.8. The van der Waals surface area contributed by atoms with Gasteiger partial charge < -0.3 is 9.05 Å². The van der Waals surface area contributed by atoms with Gasteiger partial charge in [0.25, 0.3) is 5.69 Å². The zero-order valence-corrected chi connectivity index (χ0v) is 21.0. The van der Waals surface area contributed by atoms with Crippen LogP contribution >= 0.6 is 15.3 Å². The first-order valence-electron chi connectivity index (χ1n) is 10.8. The van der Waals surface area contributed by atoms with Crippen LogP contribution in [0.5, 0.6) is 11.5 Å². The standard InChI is InChI=1S/C23H26N2O8P2/c1-3-30-35(29,31-4-2)24-23(19-15-17-20(18-16-19)25(26)27)34(28,32-21-11-7-5-8-12-21)33-22-13-9-6-10-14-22/h5-18,23H,3-4H2,1-2H3,(H,24,29). The third-order valence-corrected chi connectivity index (χ3v) is 8.53. The molecule has 0 heterocycles. The van der Waals surface area contributed by atoms with Crippen LogP contribution in [0.25, 0.3) is 0 Å². The average molecular weight is 520 g/mol. The molecule has 0 saturated heterocycles. The van der Waals surface area contributed by atoms with Gasteiger partial charge in [0.05, 0.1) is 18.1 Å². The van der Waals surface area contributed by atoms with E-state index in [9.17, 15) is 19.2 Å². The highest BCUT2D eigenvalue weighted by molar-refractivity contribution is 7.57. The number of nitrogens with one attached hydrogen (secondary N) is 1. The fraction of sp³-hybridized carbons (Fsp3) is 0.217. The van der Waals surface area contributed by atoms with E-state index >= 15 is 0 Å². The van der Waals surface area contributed by atoms with Crippen LogP contribution in [0.1, 0.15) is 25.2 Å². The summed E-state index contributed by atoms with van der Waals surface area (Å²) >= 11 is 0. The molecule has 0 aliphatic rings. The van der Waals surface area contributed by atoms with E-state index in [-0.39, 0.29) is 36.0 Å².